The number of fused-ring (bicyclic) bond motifs is 1. The molecule has 1 fully saturated rings. The van der Waals surface area contributed by atoms with Crippen LogP contribution in [0.1, 0.15) is 43.5 Å². The molecule has 2 atom stereocenters. The number of amides is 1. The fourth-order valence-corrected chi connectivity index (χ4v) is 4.85. The number of likely N-dealkylation sites (tertiary alicyclic amines) is 1. The first kappa shape index (κ1) is 23.3. The zero-order valence-electron chi connectivity index (χ0n) is 19.2. The minimum absolute atomic E-state index is 0.0644. The van der Waals surface area contributed by atoms with E-state index in [0.29, 0.717) is 29.2 Å². The van der Waals surface area contributed by atoms with Crippen molar-refractivity contribution in [2.75, 3.05) is 26.2 Å². The zero-order chi connectivity index (χ0) is 23.7. The van der Waals surface area contributed by atoms with Crippen LogP contribution in [0.15, 0.2) is 48.0 Å². The Balaban J connectivity index is 1.79. The maximum atomic E-state index is 13.2. The third-order valence-electron chi connectivity index (χ3n) is 6.43. The Morgan fingerprint density at radius 1 is 1.18 bits per heavy atom. The highest BCUT2D eigenvalue weighted by Crippen LogP contribution is 2.41. The second kappa shape index (κ2) is 9.57. The molecule has 1 N–H and O–H groups in total. The molecule has 2 aliphatic rings. The van der Waals surface area contributed by atoms with E-state index in [1.165, 1.54) is 0 Å². The Kier molecular flexibility index (Phi) is 6.77. The van der Waals surface area contributed by atoms with Crippen LogP contribution < -0.4 is 4.74 Å². The first-order chi connectivity index (χ1) is 15.8. The molecule has 33 heavy (non-hydrogen) atoms. The third-order valence-corrected chi connectivity index (χ3v) is 6.66. The highest BCUT2D eigenvalue weighted by atomic mass is 35.5. The van der Waals surface area contributed by atoms with Crippen LogP contribution in [0.3, 0.4) is 0 Å². The molecule has 0 bridgehead atoms. The van der Waals surface area contributed by atoms with E-state index in [1.54, 1.807) is 35.2 Å². The molecule has 0 spiro atoms. The van der Waals surface area contributed by atoms with E-state index < -0.39 is 17.7 Å². The predicted octanol–water partition coefficient (Wildman–Crippen LogP) is 4.43. The number of carbonyl (C=O) groups is 2. The summed E-state index contributed by atoms with van der Waals surface area (Å²) < 4.78 is 5.76. The average Bonchev–Trinajstić information content (AvgIpc) is 3.30. The van der Waals surface area contributed by atoms with Gasteiger partial charge < -0.3 is 19.6 Å². The molecule has 6 nitrogen and oxygen atoms in total. The minimum atomic E-state index is -0.706. The molecule has 0 radical (unpaired) electrons. The lowest BCUT2D eigenvalue weighted by Crippen LogP contribution is -2.38. The maximum absolute atomic E-state index is 13.2. The number of aliphatic hydroxyl groups is 1. The second-order valence-corrected chi connectivity index (χ2v) is 8.97. The first-order valence-electron chi connectivity index (χ1n) is 11.4. The number of benzene rings is 2. The zero-order valence-corrected chi connectivity index (χ0v) is 19.9. The van der Waals surface area contributed by atoms with Gasteiger partial charge in [0.15, 0.2) is 0 Å². The number of rotatable bonds is 7. The molecule has 2 aromatic rings. The van der Waals surface area contributed by atoms with Crippen LogP contribution in [0, 0.1) is 0 Å². The molecule has 7 heteroatoms. The number of ketones is 1. The Labute approximate surface area is 199 Å². The summed E-state index contributed by atoms with van der Waals surface area (Å²) in [5.74, 6) is -0.676. The topological polar surface area (TPSA) is 70.1 Å². The largest absolute Gasteiger partial charge is 0.507 e. The van der Waals surface area contributed by atoms with Gasteiger partial charge in [-0.3, -0.25) is 9.59 Å². The molecule has 1 saturated heterocycles. The van der Waals surface area contributed by atoms with Gasteiger partial charge in [-0.25, -0.2) is 0 Å². The standard InChI is InChI=1S/C26H29ClN2O4/c1-4-28(5-2)11-12-29-23(17-7-6-8-20(27)15-17)22(25(31)26(29)32)24(30)18-9-10-21-19(14-18)13-16(3)33-21/h6-10,14-16,23,30H,4-5,11-13H2,1-3H3/b24-22+/t16-,23+/m1/s1. The van der Waals surface area contributed by atoms with E-state index in [2.05, 4.69) is 18.7 Å². The van der Waals surface area contributed by atoms with Crippen LogP contribution in [0.5, 0.6) is 5.75 Å². The molecule has 0 saturated carbocycles. The highest BCUT2D eigenvalue weighted by molar-refractivity contribution is 6.46. The van der Waals surface area contributed by atoms with Crippen LogP contribution in [-0.4, -0.2) is 58.9 Å². The van der Waals surface area contributed by atoms with Crippen molar-refractivity contribution in [3.05, 3.63) is 69.8 Å². The van der Waals surface area contributed by atoms with Gasteiger partial charge in [0.05, 0.1) is 11.6 Å². The van der Waals surface area contributed by atoms with Gasteiger partial charge in [0.1, 0.15) is 17.6 Å². The van der Waals surface area contributed by atoms with E-state index in [-0.39, 0.29) is 17.4 Å². The van der Waals surface area contributed by atoms with Gasteiger partial charge in [0, 0.05) is 30.1 Å². The summed E-state index contributed by atoms with van der Waals surface area (Å²) in [5, 5.41) is 11.8. The Bertz CT molecular complexity index is 1110. The van der Waals surface area contributed by atoms with Crippen LogP contribution in [0.25, 0.3) is 5.76 Å². The summed E-state index contributed by atoms with van der Waals surface area (Å²) in [7, 11) is 0. The quantitative estimate of drug-likeness (QED) is 0.370. The number of aliphatic hydroxyl groups excluding tert-OH is 1. The van der Waals surface area contributed by atoms with Gasteiger partial charge in [-0.2, -0.15) is 0 Å². The Hall–Kier alpha value is -2.83. The van der Waals surface area contributed by atoms with Crippen molar-refractivity contribution in [3.63, 3.8) is 0 Å². The van der Waals surface area contributed by atoms with Crippen LogP contribution >= 0.6 is 11.6 Å². The van der Waals surface area contributed by atoms with Crippen LogP contribution in [0.4, 0.5) is 0 Å². The number of likely N-dealkylation sites (N-methyl/N-ethyl adjacent to an activating group) is 1. The normalized spacial score (nSPS) is 21.5. The van der Waals surface area contributed by atoms with Crippen molar-refractivity contribution < 1.29 is 19.4 Å². The fourth-order valence-electron chi connectivity index (χ4n) is 4.65. The number of nitrogens with zero attached hydrogens (tertiary/aromatic N) is 2. The molecule has 174 valence electrons. The number of halogens is 1. The van der Waals surface area contributed by atoms with Crippen molar-refractivity contribution >= 4 is 29.1 Å². The summed E-state index contributed by atoms with van der Waals surface area (Å²) in [6, 6.07) is 11.8. The third kappa shape index (κ3) is 4.50. The average molecular weight is 469 g/mol. The first-order valence-corrected chi connectivity index (χ1v) is 11.8. The number of carbonyl (C=O) groups excluding carboxylic acids is 2. The van der Waals surface area contributed by atoms with Crippen molar-refractivity contribution in [2.45, 2.75) is 39.3 Å². The monoisotopic (exact) mass is 468 g/mol. The van der Waals surface area contributed by atoms with Gasteiger partial charge in [0.2, 0.25) is 0 Å². The molecule has 0 unspecified atom stereocenters. The number of hydrogen-bond donors (Lipinski definition) is 1. The molecule has 0 aromatic heterocycles. The second-order valence-electron chi connectivity index (χ2n) is 8.53. The van der Waals surface area contributed by atoms with E-state index in [4.69, 9.17) is 16.3 Å². The lowest BCUT2D eigenvalue weighted by molar-refractivity contribution is -0.140. The van der Waals surface area contributed by atoms with Crippen molar-refractivity contribution in [2.24, 2.45) is 0 Å². The van der Waals surface area contributed by atoms with Gasteiger partial charge in [-0.15, -0.1) is 0 Å². The smallest absolute Gasteiger partial charge is 0.295 e. The van der Waals surface area contributed by atoms with Crippen LogP contribution in [-0.2, 0) is 16.0 Å². The van der Waals surface area contributed by atoms with Gasteiger partial charge in [-0.05, 0) is 61.5 Å². The molecule has 2 aromatic carbocycles. The summed E-state index contributed by atoms with van der Waals surface area (Å²) in [6.45, 7) is 8.80. The van der Waals surface area contributed by atoms with Crippen molar-refractivity contribution in [3.8, 4) is 5.75 Å². The van der Waals surface area contributed by atoms with Crippen molar-refractivity contribution in [1.82, 2.24) is 9.80 Å². The molecule has 0 aliphatic carbocycles. The number of Topliss-reactive ketones (excluding diaryl/α,β-unsaturated/α-hetero) is 1. The molecule has 1 amide bonds. The molecule has 2 heterocycles. The fraction of sp³-hybridized carbons (Fsp3) is 0.385. The van der Waals surface area contributed by atoms with E-state index in [1.807, 2.05) is 19.1 Å². The Morgan fingerprint density at radius 2 is 1.94 bits per heavy atom. The van der Waals surface area contributed by atoms with E-state index in [0.717, 1.165) is 30.8 Å². The van der Waals surface area contributed by atoms with Crippen LogP contribution in [0.2, 0.25) is 5.02 Å². The summed E-state index contributed by atoms with van der Waals surface area (Å²) in [6.07, 6.45) is 0.793. The van der Waals surface area contributed by atoms with Gasteiger partial charge in [0.25, 0.3) is 11.7 Å². The lowest BCUT2D eigenvalue weighted by Gasteiger charge is -2.28. The van der Waals surface area contributed by atoms with Gasteiger partial charge in [-0.1, -0.05) is 37.6 Å². The molecular weight excluding hydrogens is 440 g/mol. The molecule has 4 rings (SSSR count). The minimum Gasteiger partial charge on any atom is -0.507 e. The summed E-state index contributed by atoms with van der Waals surface area (Å²) in [4.78, 5) is 30.0. The number of hydrogen-bond acceptors (Lipinski definition) is 5. The lowest BCUT2D eigenvalue weighted by atomic mass is 9.94. The predicted molar refractivity (Wildman–Crippen MR) is 128 cm³/mol. The van der Waals surface area contributed by atoms with Crippen molar-refractivity contribution in [1.29, 1.82) is 0 Å². The summed E-state index contributed by atoms with van der Waals surface area (Å²) in [5.41, 5.74) is 2.26. The highest BCUT2D eigenvalue weighted by Gasteiger charge is 2.46. The van der Waals surface area contributed by atoms with E-state index >= 15 is 0 Å². The molecule has 2 aliphatic heterocycles. The Morgan fingerprint density at radius 3 is 2.64 bits per heavy atom. The number of ether oxygens (including phenoxy) is 1. The SMILES string of the molecule is CCN(CC)CCN1C(=O)C(=O)/C(=C(/O)c2ccc3c(c2)C[C@@H](C)O3)[C@@H]1c1cccc(Cl)c1. The maximum Gasteiger partial charge on any atom is 0.295 e. The molecular formula is C26H29ClN2O4. The summed E-state index contributed by atoms with van der Waals surface area (Å²) >= 11 is 6.25. The van der Waals surface area contributed by atoms with E-state index in [9.17, 15) is 14.7 Å². The van der Waals surface area contributed by atoms with Gasteiger partial charge >= 0.3 is 0 Å².